The molecule has 0 aliphatic carbocycles. The summed E-state index contributed by atoms with van der Waals surface area (Å²) < 4.78 is 7.56. The normalized spacial score (nSPS) is 10.5. The van der Waals surface area contributed by atoms with Gasteiger partial charge in [0.05, 0.1) is 5.69 Å². The van der Waals surface area contributed by atoms with Crippen molar-refractivity contribution in [2.75, 3.05) is 0 Å². The molecule has 0 spiro atoms. The number of primary amides is 1. The maximum absolute atomic E-state index is 11.1. The van der Waals surface area contributed by atoms with Gasteiger partial charge >= 0.3 is 0 Å². The molecule has 0 aliphatic heterocycles. The number of hydrogen-bond donors (Lipinski definition) is 1. The second-order valence-electron chi connectivity index (χ2n) is 4.48. The fourth-order valence-corrected chi connectivity index (χ4v) is 1.93. The Morgan fingerprint density at radius 1 is 1.42 bits per heavy atom. The fraction of sp³-hybridized carbons (Fsp3) is 0.286. The molecule has 0 unspecified atom stereocenters. The number of carbonyl (C=O) groups is 1. The number of carbonyl (C=O) groups excluding carboxylic acids is 1. The van der Waals surface area contributed by atoms with Gasteiger partial charge in [0.25, 0.3) is 0 Å². The molecule has 1 aromatic heterocycles. The van der Waals surface area contributed by atoms with Crippen molar-refractivity contribution in [1.82, 2.24) is 9.78 Å². The summed E-state index contributed by atoms with van der Waals surface area (Å²) in [6, 6.07) is 7.12. The highest BCUT2D eigenvalue weighted by Gasteiger charge is 2.11. The van der Waals surface area contributed by atoms with Crippen LogP contribution in [0.2, 0.25) is 0 Å². The van der Waals surface area contributed by atoms with E-state index in [1.807, 2.05) is 27.0 Å². The molecule has 1 aromatic carbocycles. The molecule has 0 radical (unpaired) electrons. The summed E-state index contributed by atoms with van der Waals surface area (Å²) in [6.45, 7) is 4.24. The number of rotatable bonds is 4. The molecule has 0 fully saturated rings. The standard InChI is InChI=1S/C14H17N3O2/c1-9-13(10(2)17(3)16-9)19-8-11-5-4-6-12(7-11)14(15)18/h4-7H,8H2,1-3H3,(H2,15,18). The van der Waals surface area contributed by atoms with Crippen LogP contribution in [-0.4, -0.2) is 15.7 Å². The Labute approximate surface area is 112 Å². The van der Waals surface area contributed by atoms with Crippen molar-refractivity contribution in [3.05, 3.63) is 46.8 Å². The predicted molar refractivity (Wildman–Crippen MR) is 72.0 cm³/mol. The molecule has 0 bridgehead atoms. The summed E-state index contributed by atoms with van der Waals surface area (Å²) in [5.41, 5.74) is 8.47. The average Bonchev–Trinajstić information content (AvgIpc) is 2.61. The molecule has 2 rings (SSSR count). The summed E-state index contributed by atoms with van der Waals surface area (Å²) in [4.78, 5) is 11.1. The predicted octanol–water partition coefficient (Wildman–Crippen LogP) is 1.71. The van der Waals surface area contributed by atoms with Crippen molar-refractivity contribution in [3.8, 4) is 5.75 Å². The SMILES string of the molecule is Cc1nn(C)c(C)c1OCc1cccc(C(N)=O)c1. The minimum absolute atomic E-state index is 0.383. The minimum atomic E-state index is -0.435. The topological polar surface area (TPSA) is 70.1 Å². The van der Waals surface area contributed by atoms with Gasteiger partial charge in [-0.25, -0.2) is 0 Å². The van der Waals surface area contributed by atoms with Gasteiger partial charge in [-0.3, -0.25) is 9.48 Å². The molecule has 100 valence electrons. The van der Waals surface area contributed by atoms with E-state index in [1.165, 1.54) is 0 Å². The second-order valence-corrected chi connectivity index (χ2v) is 4.48. The van der Waals surface area contributed by atoms with E-state index in [2.05, 4.69) is 5.10 Å². The average molecular weight is 259 g/mol. The zero-order chi connectivity index (χ0) is 14.0. The monoisotopic (exact) mass is 259 g/mol. The van der Waals surface area contributed by atoms with Gasteiger partial charge in [-0.2, -0.15) is 5.10 Å². The highest BCUT2D eigenvalue weighted by molar-refractivity contribution is 5.92. The lowest BCUT2D eigenvalue weighted by molar-refractivity contribution is 0.1000. The number of nitrogens with zero attached hydrogens (tertiary/aromatic N) is 2. The molecule has 0 atom stereocenters. The van der Waals surface area contributed by atoms with Crippen LogP contribution in [0.25, 0.3) is 0 Å². The molecule has 19 heavy (non-hydrogen) atoms. The van der Waals surface area contributed by atoms with Crippen molar-refractivity contribution in [2.24, 2.45) is 12.8 Å². The zero-order valence-electron chi connectivity index (χ0n) is 11.3. The highest BCUT2D eigenvalue weighted by Crippen LogP contribution is 2.22. The lowest BCUT2D eigenvalue weighted by atomic mass is 10.1. The van der Waals surface area contributed by atoms with Crippen molar-refractivity contribution < 1.29 is 9.53 Å². The Morgan fingerprint density at radius 3 is 2.74 bits per heavy atom. The van der Waals surface area contributed by atoms with Gasteiger partial charge in [0.1, 0.15) is 12.3 Å². The number of aryl methyl sites for hydroxylation is 2. The number of nitrogens with two attached hydrogens (primary N) is 1. The van der Waals surface area contributed by atoms with Crippen LogP contribution in [0.5, 0.6) is 5.75 Å². The third kappa shape index (κ3) is 2.76. The van der Waals surface area contributed by atoms with Crippen LogP contribution in [0.15, 0.2) is 24.3 Å². The smallest absolute Gasteiger partial charge is 0.248 e. The van der Waals surface area contributed by atoms with E-state index in [1.54, 1.807) is 22.9 Å². The third-order valence-corrected chi connectivity index (χ3v) is 3.04. The van der Waals surface area contributed by atoms with E-state index in [-0.39, 0.29) is 0 Å². The van der Waals surface area contributed by atoms with Crippen molar-refractivity contribution in [2.45, 2.75) is 20.5 Å². The largest absolute Gasteiger partial charge is 0.485 e. The Balaban J connectivity index is 2.14. The Morgan fingerprint density at radius 2 is 2.16 bits per heavy atom. The van der Waals surface area contributed by atoms with E-state index in [0.717, 1.165) is 22.7 Å². The van der Waals surface area contributed by atoms with E-state index >= 15 is 0 Å². The molecule has 1 amide bonds. The number of amides is 1. The Kier molecular flexibility index (Phi) is 3.55. The van der Waals surface area contributed by atoms with Gasteiger partial charge in [-0.1, -0.05) is 12.1 Å². The zero-order valence-corrected chi connectivity index (χ0v) is 11.3. The summed E-state index contributed by atoms with van der Waals surface area (Å²) in [5.74, 6) is 0.350. The first-order valence-corrected chi connectivity index (χ1v) is 6.00. The van der Waals surface area contributed by atoms with Gasteiger partial charge in [0.2, 0.25) is 5.91 Å². The minimum Gasteiger partial charge on any atom is -0.485 e. The van der Waals surface area contributed by atoms with E-state index in [4.69, 9.17) is 10.5 Å². The maximum Gasteiger partial charge on any atom is 0.248 e. The molecule has 0 aliphatic rings. The second kappa shape index (κ2) is 5.14. The molecular weight excluding hydrogens is 242 g/mol. The van der Waals surface area contributed by atoms with E-state index in [9.17, 15) is 4.79 Å². The van der Waals surface area contributed by atoms with E-state index < -0.39 is 5.91 Å². The molecule has 1 heterocycles. The molecule has 2 aromatic rings. The van der Waals surface area contributed by atoms with Gasteiger partial charge in [-0.15, -0.1) is 0 Å². The molecular formula is C14H17N3O2. The van der Waals surface area contributed by atoms with Crippen molar-refractivity contribution in [3.63, 3.8) is 0 Å². The molecule has 2 N–H and O–H groups in total. The number of aromatic nitrogens is 2. The molecule has 0 saturated heterocycles. The van der Waals surface area contributed by atoms with Crippen LogP contribution in [0, 0.1) is 13.8 Å². The molecule has 5 heteroatoms. The molecule has 5 nitrogen and oxygen atoms in total. The van der Waals surface area contributed by atoms with Crippen LogP contribution in [-0.2, 0) is 13.7 Å². The van der Waals surface area contributed by atoms with Gasteiger partial charge in [-0.05, 0) is 31.5 Å². The first-order valence-electron chi connectivity index (χ1n) is 6.00. The van der Waals surface area contributed by atoms with Crippen LogP contribution in [0.1, 0.15) is 27.3 Å². The Hall–Kier alpha value is -2.30. The number of ether oxygens (including phenoxy) is 1. The lowest BCUT2D eigenvalue weighted by Crippen LogP contribution is -2.11. The van der Waals surface area contributed by atoms with Crippen LogP contribution in [0.3, 0.4) is 0 Å². The van der Waals surface area contributed by atoms with Gasteiger partial charge in [0, 0.05) is 12.6 Å². The van der Waals surface area contributed by atoms with Crippen molar-refractivity contribution >= 4 is 5.91 Å². The molecule has 0 saturated carbocycles. The van der Waals surface area contributed by atoms with E-state index in [0.29, 0.717) is 12.2 Å². The fourth-order valence-electron chi connectivity index (χ4n) is 1.93. The summed E-state index contributed by atoms with van der Waals surface area (Å²) in [5, 5.41) is 4.29. The first kappa shape index (κ1) is 13.1. The van der Waals surface area contributed by atoms with Crippen LogP contribution in [0.4, 0.5) is 0 Å². The Bertz CT molecular complexity index is 617. The first-order chi connectivity index (χ1) is 8.99. The maximum atomic E-state index is 11.1. The lowest BCUT2D eigenvalue weighted by Gasteiger charge is -2.07. The van der Waals surface area contributed by atoms with Gasteiger partial charge in [0.15, 0.2) is 5.75 Å². The summed E-state index contributed by atoms with van der Waals surface area (Å²) in [7, 11) is 1.88. The van der Waals surface area contributed by atoms with Crippen LogP contribution < -0.4 is 10.5 Å². The summed E-state index contributed by atoms with van der Waals surface area (Å²) in [6.07, 6.45) is 0. The van der Waals surface area contributed by atoms with Crippen molar-refractivity contribution in [1.29, 1.82) is 0 Å². The highest BCUT2D eigenvalue weighted by atomic mass is 16.5. The number of hydrogen-bond acceptors (Lipinski definition) is 3. The number of benzene rings is 1. The van der Waals surface area contributed by atoms with Crippen LogP contribution >= 0.6 is 0 Å². The van der Waals surface area contributed by atoms with Gasteiger partial charge < -0.3 is 10.5 Å². The third-order valence-electron chi connectivity index (χ3n) is 3.04. The quantitative estimate of drug-likeness (QED) is 0.908. The summed E-state index contributed by atoms with van der Waals surface area (Å²) >= 11 is 0.